The molecule has 1 rings (SSSR count). The zero-order valence-electron chi connectivity index (χ0n) is 9.63. The van der Waals surface area contributed by atoms with Crippen molar-refractivity contribution >= 4 is 29.3 Å². The van der Waals surface area contributed by atoms with Crippen LogP contribution in [0.1, 0.15) is 15.9 Å². The van der Waals surface area contributed by atoms with E-state index in [1.54, 1.807) is 12.2 Å². The van der Waals surface area contributed by atoms with Crippen LogP contribution < -0.4 is 5.73 Å². The Bertz CT molecular complexity index is 536. The maximum Gasteiger partial charge on any atom is 0.339 e. The first-order chi connectivity index (χ1) is 8.60. The van der Waals surface area contributed by atoms with Gasteiger partial charge in [-0.05, 0) is 23.2 Å². The minimum absolute atomic E-state index is 0.199. The number of methoxy groups -OCH3 is 1. The lowest BCUT2D eigenvalue weighted by Crippen LogP contribution is -2.06. The summed E-state index contributed by atoms with van der Waals surface area (Å²) in [6, 6.07) is 3.00. The fourth-order valence-electron chi connectivity index (χ4n) is 1.28. The minimum Gasteiger partial charge on any atom is -0.465 e. The highest BCUT2D eigenvalue weighted by atomic mass is 35.5. The smallest absolute Gasteiger partial charge is 0.339 e. The summed E-state index contributed by atoms with van der Waals surface area (Å²) in [4.78, 5) is 14.0. The van der Waals surface area contributed by atoms with E-state index in [-0.39, 0.29) is 17.8 Å². The Kier molecular flexibility index (Phi) is 5.05. The number of nitrogen functional groups attached to an aromatic ring is 1. The lowest BCUT2D eigenvalue weighted by atomic mass is 10.1. The van der Waals surface area contributed by atoms with Crippen LogP contribution in [0.25, 0.3) is 16.5 Å². The van der Waals surface area contributed by atoms with Crippen molar-refractivity contribution in [2.75, 3.05) is 19.4 Å². The van der Waals surface area contributed by atoms with Gasteiger partial charge >= 0.3 is 5.97 Å². The van der Waals surface area contributed by atoms with Crippen LogP contribution in [-0.4, -0.2) is 19.6 Å². The average Bonchev–Trinajstić information content (AvgIpc) is 2.36. The molecule has 0 aliphatic carbocycles. The molecule has 0 saturated carbocycles. The highest BCUT2D eigenvalue weighted by molar-refractivity contribution is 6.32. The first-order valence-corrected chi connectivity index (χ1v) is 5.32. The van der Waals surface area contributed by atoms with Crippen LogP contribution in [0.2, 0.25) is 5.02 Å². The Morgan fingerprint density at radius 2 is 2.39 bits per heavy atom. The monoisotopic (exact) mass is 266 g/mol. The molecule has 0 unspecified atom stereocenters. The number of halogens is 1. The first kappa shape index (κ1) is 13.9. The van der Waals surface area contributed by atoms with E-state index in [1.807, 2.05) is 0 Å². The fraction of sp³-hybridized carbons (Fsp3) is 0.182. The molecule has 0 saturated heterocycles. The van der Waals surface area contributed by atoms with Gasteiger partial charge in [0.1, 0.15) is 0 Å². The predicted molar refractivity (Wildman–Crippen MR) is 70.3 cm³/mol. The SMILES string of the molecule is COC(=O)c1cc(C=CCN=[N+]=[N-])c(Cl)cc1N. The number of carbonyl (C=O) groups excluding carboxylic acids is 1. The molecular formula is C11H11ClN4O2. The summed E-state index contributed by atoms with van der Waals surface area (Å²) in [6.07, 6.45) is 3.26. The van der Waals surface area contributed by atoms with E-state index in [0.717, 1.165) is 0 Å². The molecule has 2 N–H and O–H groups in total. The van der Waals surface area contributed by atoms with Gasteiger partial charge in [-0.15, -0.1) is 0 Å². The number of anilines is 1. The van der Waals surface area contributed by atoms with Gasteiger partial charge < -0.3 is 10.5 Å². The third kappa shape index (κ3) is 3.41. The van der Waals surface area contributed by atoms with E-state index >= 15 is 0 Å². The molecule has 0 aliphatic rings. The van der Waals surface area contributed by atoms with Gasteiger partial charge in [0.25, 0.3) is 0 Å². The van der Waals surface area contributed by atoms with Gasteiger partial charge in [-0.2, -0.15) is 0 Å². The molecule has 94 valence electrons. The Hall–Kier alpha value is -2.17. The average molecular weight is 267 g/mol. The molecule has 0 aromatic heterocycles. The molecule has 0 heterocycles. The van der Waals surface area contributed by atoms with E-state index in [0.29, 0.717) is 10.6 Å². The molecule has 0 spiro atoms. The summed E-state index contributed by atoms with van der Waals surface area (Å²) in [5.41, 5.74) is 14.9. The van der Waals surface area contributed by atoms with E-state index in [1.165, 1.54) is 19.2 Å². The number of hydrogen-bond acceptors (Lipinski definition) is 4. The largest absolute Gasteiger partial charge is 0.465 e. The second kappa shape index (κ2) is 6.54. The van der Waals surface area contributed by atoms with Crippen molar-refractivity contribution in [2.24, 2.45) is 5.11 Å². The predicted octanol–water partition coefficient (Wildman–Crippen LogP) is 3.03. The maximum atomic E-state index is 11.4. The highest BCUT2D eigenvalue weighted by Crippen LogP contribution is 2.25. The molecule has 7 heteroatoms. The van der Waals surface area contributed by atoms with Gasteiger partial charge in [-0.25, -0.2) is 4.79 Å². The van der Waals surface area contributed by atoms with Gasteiger partial charge in [0.05, 0.1) is 12.7 Å². The number of nitrogens with two attached hydrogens (primary N) is 1. The Morgan fingerprint density at radius 1 is 1.67 bits per heavy atom. The van der Waals surface area contributed by atoms with Gasteiger partial charge in [-0.1, -0.05) is 28.9 Å². The Balaban J connectivity index is 3.08. The normalized spacial score (nSPS) is 10.1. The second-order valence-electron chi connectivity index (χ2n) is 3.27. The van der Waals surface area contributed by atoms with Crippen LogP contribution in [0.4, 0.5) is 5.69 Å². The molecule has 0 radical (unpaired) electrons. The zero-order valence-corrected chi connectivity index (χ0v) is 10.4. The number of rotatable bonds is 4. The fourth-order valence-corrected chi connectivity index (χ4v) is 1.52. The van der Waals surface area contributed by atoms with Crippen molar-refractivity contribution in [3.05, 3.63) is 44.8 Å². The van der Waals surface area contributed by atoms with Crippen LogP contribution in [-0.2, 0) is 4.74 Å². The van der Waals surface area contributed by atoms with Gasteiger partial charge in [0, 0.05) is 22.2 Å². The molecular weight excluding hydrogens is 256 g/mol. The second-order valence-corrected chi connectivity index (χ2v) is 3.68. The lowest BCUT2D eigenvalue weighted by molar-refractivity contribution is 0.0602. The number of benzene rings is 1. The van der Waals surface area contributed by atoms with Crippen LogP contribution >= 0.6 is 11.6 Å². The topological polar surface area (TPSA) is 101 Å². The number of ether oxygens (including phenoxy) is 1. The number of nitrogens with zero attached hydrogens (tertiary/aromatic N) is 3. The van der Waals surface area contributed by atoms with Gasteiger partial charge in [0.15, 0.2) is 0 Å². The number of carbonyl (C=O) groups is 1. The van der Waals surface area contributed by atoms with Crippen molar-refractivity contribution < 1.29 is 9.53 Å². The third-order valence-electron chi connectivity index (χ3n) is 2.12. The quantitative estimate of drug-likeness (QED) is 0.298. The van der Waals surface area contributed by atoms with Crippen molar-refractivity contribution in [3.8, 4) is 0 Å². The van der Waals surface area contributed by atoms with Crippen molar-refractivity contribution in [1.82, 2.24) is 0 Å². The number of azide groups is 1. The summed E-state index contributed by atoms with van der Waals surface area (Å²) in [6.45, 7) is 0.199. The number of hydrogen-bond donors (Lipinski definition) is 1. The summed E-state index contributed by atoms with van der Waals surface area (Å²) in [7, 11) is 1.27. The molecule has 6 nitrogen and oxygen atoms in total. The maximum absolute atomic E-state index is 11.4. The van der Waals surface area contributed by atoms with Crippen molar-refractivity contribution in [3.63, 3.8) is 0 Å². The van der Waals surface area contributed by atoms with Crippen LogP contribution in [0.3, 0.4) is 0 Å². The molecule has 1 aromatic rings. The summed E-state index contributed by atoms with van der Waals surface area (Å²) < 4.78 is 4.60. The molecule has 0 fully saturated rings. The summed E-state index contributed by atoms with van der Waals surface area (Å²) in [5.74, 6) is -0.533. The van der Waals surface area contributed by atoms with E-state index < -0.39 is 5.97 Å². The van der Waals surface area contributed by atoms with Crippen LogP contribution in [0.5, 0.6) is 0 Å². The lowest BCUT2D eigenvalue weighted by Gasteiger charge is -2.06. The summed E-state index contributed by atoms with van der Waals surface area (Å²) in [5, 5.41) is 3.74. The molecule has 0 amide bonds. The van der Waals surface area contributed by atoms with Gasteiger partial charge in [-0.3, -0.25) is 0 Å². The number of esters is 1. The minimum atomic E-state index is -0.533. The molecule has 1 aromatic carbocycles. The van der Waals surface area contributed by atoms with Crippen molar-refractivity contribution in [1.29, 1.82) is 0 Å². The molecule has 0 bridgehead atoms. The third-order valence-corrected chi connectivity index (χ3v) is 2.45. The van der Waals surface area contributed by atoms with Crippen LogP contribution in [0, 0.1) is 0 Å². The Labute approximate surface area is 109 Å². The summed E-state index contributed by atoms with van der Waals surface area (Å²) >= 11 is 5.98. The van der Waals surface area contributed by atoms with Crippen LogP contribution in [0.15, 0.2) is 23.3 Å². The van der Waals surface area contributed by atoms with E-state index in [9.17, 15) is 4.79 Å². The molecule has 0 atom stereocenters. The molecule has 18 heavy (non-hydrogen) atoms. The first-order valence-electron chi connectivity index (χ1n) is 4.95. The highest BCUT2D eigenvalue weighted by Gasteiger charge is 2.12. The molecule has 0 aliphatic heterocycles. The Morgan fingerprint density at radius 3 is 3.00 bits per heavy atom. The van der Waals surface area contributed by atoms with E-state index in [4.69, 9.17) is 22.9 Å². The van der Waals surface area contributed by atoms with Crippen molar-refractivity contribution in [2.45, 2.75) is 0 Å². The van der Waals surface area contributed by atoms with E-state index in [2.05, 4.69) is 14.8 Å². The standard InChI is InChI=1S/C11H11ClN4O2/c1-18-11(17)8-5-7(3-2-4-15-16-14)9(12)6-10(8)13/h2-3,5-6H,4,13H2,1H3. The van der Waals surface area contributed by atoms with Gasteiger partial charge in [0.2, 0.25) is 0 Å². The zero-order chi connectivity index (χ0) is 13.5.